The van der Waals surface area contributed by atoms with Crippen molar-refractivity contribution >= 4 is 11.6 Å². The summed E-state index contributed by atoms with van der Waals surface area (Å²) >= 11 is 0. The molecular formula is C8H14N4O. The number of nitrogens with two attached hydrogens (primary N) is 2. The van der Waals surface area contributed by atoms with Crippen molar-refractivity contribution in [2.75, 3.05) is 5.73 Å². The van der Waals surface area contributed by atoms with Crippen LogP contribution in [0.2, 0.25) is 0 Å². The summed E-state index contributed by atoms with van der Waals surface area (Å²) in [6.07, 6.45) is 3.16. The smallest absolute Gasteiger partial charge is 0.248 e. The molecule has 0 fully saturated rings. The van der Waals surface area contributed by atoms with E-state index in [1.54, 1.807) is 13.8 Å². The van der Waals surface area contributed by atoms with Crippen LogP contribution < -0.4 is 11.5 Å². The summed E-state index contributed by atoms with van der Waals surface area (Å²) in [6, 6.07) is 0. The van der Waals surface area contributed by atoms with E-state index < -0.39 is 5.54 Å². The number of nitrogens with zero attached hydrogens (tertiary/aromatic N) is 2. The second kappa shape index (κ2) is 3.18. The zero-order chi connectivity index (χ0) is 10.1. The average Bonchev–Trinajstić information content (AvgIpc) is 2.31. The highest BCUT2D eigenvalue weighted by atomic mass is 16.2. The van der Waals surface area contributed by atoms with Gasteiger partial charge in [-0.1, -0.05) is 0 Å². The maximum Gasteiger partial charge on any atom is 0.248 e. The summed E-state index contributed by atoms with van der Waals surface area (Å²) < 4.78 is 1.21. The molecule has 13 heavy (non-hydrogen) atoms. The molecule has 0 saturated heterocycles. The molecule has 0 aromatic carbocycles. The van der Waals surface area contributed by atoms with Gasteiger partial charge in [-0.25, -0.2) is 4.68 Å². The molecule has 0 aliphatic rings. The second-order valence-corrected chi connectivity index (χ2v) is 3.78. The van der Waals surface area contributed by atoms with E-state index in [-0.39, 0.29) is 12.3 Å². The number of anilines is 1. The van der Waals surface area contributed by atoms with Gasteiger partial charge in [-0.05, 0) is 13.8 Å². The van der Waals surface area contributed by atoms with Gasteiger partial charge in [-0.2, -0.15) is 5.10 Å². The molecule has 1 heterocycles. The number of aromatic nitrogens is 2. The lowest BCUT2D eigenvalue weighted by Crippen LogP contribution is -2.36. The monoisotopic (exact) mass is 182 g/mol. The van der Waals surface area contributed by atoms with Crippen LogP contribution in [0.1, 0.15) is 25.1 Å². The van der Waals surface area contributed by atoms with E-state index in [1.165, 1.54) is 17.1 Å². The lowest BCUT2D eigenvalue weighted by molar-refractivity contribution is 0.0862. The van der Waals surface area contributed by atoms with Gasteiger partial charge in [0.05, 0.1) is 18.1 Å². The minimum atomic E-state index is -0.516. The van der Waals surface area contributed by atoms with Gasteiger partial charge in [0.25, 0.3) is 0 Å². The highest BCUT2D eigenvalue weighted by Crippen LogP contribution is 2.06. The van der Waals surface area contributed by atoms with Crippen LogP contribution in [0.15, 0.2) is 12.4 Å². The van der Waals surface area contributed by atoms with Crippen molar-refractivity contribution in [3.05, 3.63) is 12.4 Å². The van der Waals surface area contributed by atoms with E-state index >= 15 is 0 Å². The maximum absolute atomic E-state index is 11.4. The Morgan fingerprint density at radius 1 is 1.69 bits per heavy atom. The van der Waals surface area contributed by atoms with Crippen molar-refractivity contribution in [1.29, 1.82) is 0 Å². The first-order chi connectivity index (χ1) is 5.88. The van der Waals surface area contributed by atoms with Crippen LogP contribution in [-0.2, 0) is 0 Å². The number of nitrogen functional groups attached to an aromatic ring is 1. The molecule has 0 spiro atoms. The molecule has 5 nitrogen and oxygen atoms in total. The summed E-state index contributed by atoms with van der Waals surface area (Å²) in [4.78, 5) is 11.4. The third-order valence-corrected chi connectivity index (χ3v) is 1.46. The molecule has 1 aromatic heterocycles. The first kappa shape index (κ1) is 9.73. The maximum atomic E-state index is 11.4. The van der Waals surface area contributed by atoms with Crippen molar-refractivity contribution in [2.24, 2.45) is 5.73 Å². The second-order valence-electron chi connectivity index (χ2n) is 3.78. The standard InChI is InChI=1S/C8H14N4O/c1-8(2,10)3-7(13)12-5-6(9)4-11-12/h4-5H,3,9-10H2,1-2H3. The molecule has 0 unspecified atom stereocenters. The Morgan fingerprint density at radius 2 is 2.31 bits per heavy atom. The first-order valence-electron chi connectivity index (χ1n) is 4.01. The van der Waals surface area contributed by atoms with Crippen LogP contribution in [-0.4, -0.2) is 21.2 Å². The summed E-state index contributed by atoms with van der Waals surface area (Å²) in [5.74, 6) is -0.149. The third-order valence-electron chi connectivity index (χ3n) is 1.46. The topological polar surface area (TPSA) is 86.9 Å². The summed E-state index contributed by atoms with van der Waals surface area (Å²) in [5, 5.41) is 3.79. The molecule has 0 bridgehead atoms. The molecule has 1 aromatic rings. The zero-order valence-corrected chi connectivity index (χ0v) is 7.82. The number of hydrogen-bond donors (Lipinski definition) is 2. The molecule has 0 atom stereocenters. The van der Waals surface area contributed by atoms with E-state index in [9.17, 15) is 4.79 Å². The highest BCUT2D eigenvalue weighted by Gasteiger charge is 2.17. The molecule has 0 amide bonds. The molecule has 0 radical (unpaired) electrons. The van der Waals surface area contributed by atoms with Crippen LogP contribution in [0.5, 0.6) is 0 Å². The Morgan fingerprint density at radius 3 is 2.69 bits per heavy atom. The lowest BCUT2D eigenvalue weighted by atomic mass is 10.0. The van der Waals surface area contributed by atoms with Gasteiger partial charge < -0.3 is 11.5 Å². The fraction of sp³-hybridized carbons (Fsp3) is 0.500. The van der Waals surface area contributed by atoms with E-state index in [0.717, 1.165) is 0 Å². The van der Waals surface area contributed by atoms with Crippen molar-refractivity contribution in [2.45, 2.75) is 25.8 Å². The largest absolute Gasteiger partial charge is 0.396 e. The predicted octanol–water partition coefficient (Wildman–Crippen LogP) is 0.233. The Labute approximate surface area is 76.7 Å². The molecule has 0 saturated carbocycles. The van der Waals surface area contributed by atoms with Gasteiger partial charge in [0.15, 0.2) is 0 Å². The van der Waals surface area contributed by atoms with Gasteiger partial charge >= 0.3 is 0 Å². The van der Waals surface area contributed by atoms with E-state index in [0.29, 0.717) is 5.69 Å². The number of rotatable bonds is 2. The molecule has 1 rings (SSSR count). The van der Waals surface area contributed by atoms with Crippen molar-refractivity contribution in [3.63, 3.8) is 0 Å². The van der Waals surface area contributed by atoms with Crippen LogP contribution >= 0.6 is 0 Å². The Kier molecular flexibility index (Phi) is 2.38. The van der Waals surface area contributed by atoms with Gasteiger partial charge in [0.2, 0.25) is 5.91 Å². The fourth-order valence-electron chi connectivity index (χ4n) is 0.944. The van der Waals surface area contributed by atoms with Gasteiger partial charge in [-0.15, -0.1) is 0 Å². The first-order valence-corrected chi connectivity index (χ1v) is 4.01. The summed E-state index contributed by atoms with van der Waals surface area (Å²) in [6.45, 7) is 3.58. The Balaban J connectivity index is 2.70. The third kappa shape index (κ3) is 2.87. The number of hydrogen-bond acceptors (Lipinski definition) is 4. The molecule has 72 valence electrons. The van der Waals surface area contributed by atoms with Gasteiger partial charge in [0, 0.05) is 12.0 Å². The number of carbonyl (C=O) groups excluding carboxylic acids is 1. The normalized spacial score (nSPS) is 11.6. The lowest BCUT2D eigenvalue weighted by Gasteiger charge is -2.16. The SMILES string of the molecule is CC(C)(N)CC(=O)n1cc(N)cn1. The highest BCUT2D eigenvalue weighted by molar-refractivity contribution is 5.79. The molecule has 5 heteroatoms. The summed E-state index contributed by atoms with van der Waals surface area (Å²) in [5.41, 5.74) is 11.1. The number of carbonyl (C=O) groups is 1. The van der Waals surface area contributed by atoms with Gasteiger partial charge in [-0.3, -0.25) is 4.79 Å². The van der Waals surface area contributed by atoms with Crippen LogP contribution in [0.25, 0.3) is 0 Å². The quantitative estimate of drug-likeness (QED) is 0.685. The van der Waals surface area contributed by atoms with E-state index in [2.05, 4.69) is 5.10 Å². The van der Waals surface area contributed by atoms with Crippen LogP contribution in [0, 0.1) is 0 Å². The minimum absolute atomic E-state index is 0.149. The fourth-order valence-corrected chi connectivity index (χ4v) is 0.944. The van der Waals surface area contributed by atoms with E-state index in [4.69, 9.17) is 11.5 Å². The molecule has 0 aliphatic heterocycles. The predicted molar refractivity (Wildman–Crippen MR) is 50.1 cm³/mol. The summed E-state index contributed by atoms with van der Waals surface area (Å²) in [7, 11) is 0. The van der Waals surface area contributed by atoms with Crippen LogP contribution in [0.4, 0.5) is 5.69 Å². The van der Waals surface area contributed by atoms with Crippen molar-refractivity contribution in [1.82, 2.24) is 9.78 Å². The van der Waals surface area contributed by atoms with Crippen LogP contribution in [0.3, 0.4) is 0 Å². The Hall–Kier alpha value is -1.36. The minimum Gasteiger partial charge on any atom is -0.396 e. The molecular weight excluding hydrogens is 168 g/mol. The average molecular weight is 182 g/mol. The van der Waals surface area contributed by atoms with Crippen molar-refractivity contribution in [3.8, 4) is 0 Å². The molecule has 0 aliphatic carbocycles. The van der Waals surface area contributed by atoms with E-state index in [1.807, 2.05) is 0 Å². The van der Waals surface area contributed by atoms with Crippen molar-refractivity contribution < 1.29 is 4.79 Å². The zero-order valence-electron chi connectivity index (χ0n) is 7.82. The molecule has 4 N–H and O–H groups in total. The van der Waals surface area contributed by atoms with Gasteiger partial charge in [0.1, 0.15) is 0 Å². The Bertz CT molecular complexity index is 310.